The van der Waals surface area contributed by atoms with Crippen LogP contribution in [-0.4, -0.2) is 23.0 Å². The van der Waals surface area contributed by atoms with Gasteiger partial charge in [-0.05, 0) is 62.1 Å². The molecular weight excluding hydrogens is 715 g/mol. The van der Waals surface area contributed by atoms with Crippen molar-refractivity contribution < 1.29 is 8.83 Å². The Morgan fingerprint density at radius 3 is 1.79 bits per heavy atom. The molecule has 12 rings (SSSR count). The predicted molar refractivity (Wildman–Crippen MR) is 236 cm³/mol. The number of rotatable bonds is 4. The minimum absolute atomic E-state index is 0.589. The molecule has 5 nitrogen and oxygen atoms in total. The van der Waals surface area contributed by atoms with Crippen molar-refractivity contribution in [2.24, 2.45) is 0 Å². The van der Waals surface area contributed by atoms with Gasteiger partial charge < -0.3 is 8.83 Å². The average molecular weight is 748 g/mol. The molecule has 0 saturated carbocycles. The molecule has 0 unspecified atom stereocenters. The van der Waals surface area contributed by atoms with Gasteiger partial charge in [-0.2, -0.15) is 0 Å². The van der Waals surface area contributed by atoms with E-state index in [1.54, 1.807) is 0 Å². The Balaban J connectivity index is 1.14. The van der Waals surface area contributed by atoms with E-state index in [9.17, 15) is 0 Å². The molecule has 4 heterocycles. The minimum Gasteiger partial charge on any atom is -0.456 e. The summed E-state index contributed by atoms with van der Waals surface area (Å²) < 4.78 is 13.2. The highest BCUT2D eigenvalue weighted by Crippen LogP contribution is 2.44. The van der Waals surface area contributed by atoms with Crippen LogP contribution in [-0.2, 0) is 0 Å². The highest BCUT2D eigenvalue weighted by Gasteiger charge is 2.40. The van der Waals surface area contributed by atoms with Gasteiger partial charge in [0.2, 0.25) is 0 Å². The van der Waals surface area contributed by atoms with Crippen LogP contribution in [0.25, 0.3) is 111 Å². The lowest BCUT2D eigenvalue weighted by molar-refractivity contribution is 0.669. The van der Waals surface area contributed by atoms with Crippen molar-refractivity contribution in [3.8, 4) is 56.4 Å². The van der Waals surface area contributed by atoms with Crippen LogP contribution in [0.5, 0.6) is 0 Å². The average Bonchev–Trinajstić information content (AvgIpc) is 3.91. The Kier molecular flexibility index (Phi) is 6.72. The van der Waals surface area contributed by atoms with Crippen molar-refractivity contribution in [1.82, 2.24) is 15.0 Å². The van der Waals surface area contributed by atoms with E-state index in [1.165, 1.54) is 37.8 Å². The maximum Gasteiger partial charge on any atom is 0.164 e. The molecule has 1 aliphatic rings. The van der Waals surface area contributed by atoms with Gasteiger partial charge in [0.05, 0.1) is 0 Å². The molecule has 0 atom stereocenters. The zero-order valence-electron chi connectivity index (χ0n) is 31.2. The van der Waals surface area contributed by atoms with Crippen molar-refractivity contribution >= 4 is 73.1 Å². The van der Waals surface area contributed by atoms with E-state index >= 15 is 0 Å². The second kappa shape index (κ2) is 11.9. The predicted octanol–water partition coefficient (Wildman–Crippen LogP) is 12.3. The van der Waals surface area contributed by atoms with Crippen molar-refractivity contribution in [2.75, 3.05) is 0 Å². The lowest BCUT2D eigenvalue weighted by Crippen LogP contribution is -2.49. The number of nitrogens with zero attached hydrogens (tertiary/aromatic N) is 3. The van der Waals surface area contributed by atoms with Gasteiger partial charge in [0.25, 0.3) is 0 Å². The molecule has 8 aromatic carbocycles. The molecule has 0 aliphatic carbocycles. The van der Waals surface area contributed by atoms with Crippen molar-refractivity contribution in [1.29, 1.82) is 0 Å². The number of hydrogen-bond acceptors (Lipinski definition) is 5. The Hall–Kier alpha value is -7.15. The Morgan fingerprint density at radius 1 is 0.404 bits per heavy atom. The summed E-state index contributed by atoms with van der Waals surface area (Å²) in [4.78, 5) is 16.0. The van der Waals surface area contributed by atoms with Crippen LogP contribution >= 0.6 is 0 Å². The molecule has 0 N–H and O–H groups in total. The lowest BCUT2D eigenvalue weighted by Gasteiger charge is -2.19. The first-order chi connectivity index (χ1) is 28.0. The van der Waals surface area contributed by atoms with Gasteiger partial charge >= 0.3 is 0 Å². The van der Waals surface area contributed by atoms with Gasteiger partial charge in [-0.1, -0.05) is 153 Å². The summed E-state index contributed by atoms with van der Waals surface area (Å²) in [7, 11) is -2.13. The van der Waals surface area contributed by atoms with E-state index in [2.05, 4.69) is 140 Å². The monoisotopic (exact) mass is 747 g/mol. The number of hydrogen-bond donors (Lipinski definition) is 0. The van der Waals surface area contributed by atoms with Crippen LogP contribution < -0.4 is 10.4 Å². The van der Waals surface area contributed by atoms with E-state index in [4.69, 9.17) is 23.8 Å². The smallest absolute Gasteiger partial charge is 0.164 e. The first-order valence-electron chi connectivity index (χ1n) is 19.4. The van der Waals surface area contributed by atoms with Crippen LogP contribution in [0.4, 0.5) is 0 Å². The first-order valence-corrected chi connectivity index (χ1v) is 22.4. The molecule has 0 amide bonds. The maximum atomic E-state index is 6.86. The van der Waals surface area contributed by atoms with Crippen LogP contribution in [0.2, 0.25) is 13.1 Å². The minimum atomic E-state index is -2.13. The maximum absolute atomic E-state index is 6.86. The Morgan fingerprint density at radius 2 is 0.965 bits per heavy atom. The number of fused-ring (bicyclic) bond motifs is 11. The van der Waals surface area contributed by atoms with Gasteiger partial charge in [-0.3, -0.25) is 0 Å². The summed E-state index contributed by atoms with van der Waals surface area (Å²) in [5, 5.41) is 9.26. The van der Waals surface area contributed by atoms with E-state index in [1.807, 2.05) is 36.4 Å². The van der Waals surface area contributed by atoms with Gasteiger partial charge in [0.1, 0.15) is 30.4 Å². The number of aromatic nitrogens is 3. The van der Waals surface area contributed by atoms with E-state index in [0.29, 0.717) is 17.5 Å². The lowest BCUT2D eigenvalue weighted by atomic mass is 9.97. The van der Waals surface area contributed by atoms with Gasteiger partial charge in [0.15, 0.2) is 17.5 Å². The molecule has 3 aromatic heterocycles. The summed E-state index contributed by atoms with van der Waals surface area (Å²) in [5.74, 6) is 1.80. The summed E-state index contributed by atoms with van der Waals surface area (Å²) in [6.07, 6.45) is 0. The first kappa shape index (κ1) is 32.1. The molecule has 0 spiro atoms. The largest absolute Gasteiger partial charge is 0.456 e. The zero-order chi connectivity index (χ0) is 37.8. The molecule has 1 aliphatic heterocycles. The molecule has 0 saturated heterocycles. The number of para-hydroxylation sites is 2. The fraction of sp³-hybridized carbons (Fsp3) is 0.0392. The highest BCUT2D eigenvalue weighted by molar-refractivity contribution is 7.04. The van der Waals surface area contributed by atoms with Gasteiger partial charge in [-0.25, -0.2) is 15.0 Å². The van der Waals surface area contributed by atoms with Crippen molar-refractivity contribution in [2.45, 2.75) is 13.1 Å². The third-order valence-electron chi connectivity index (χ3n) is 12.0. The van der Waals surface area contributed by atoms with Crippen LogP contribution in [0, 0.1) is 0 Å². The summed E-state index contributed by atoms with van der Waals surface area (Å²) in [5.41, 5.74) is 10.9. The van der Waals surface area contributed by atoms with E-state index in [0.717, 1.165) is 66.1 Å². The summed E-state index contributed by atoms with van der Waals surface area (Å²) >= 11 is 0. The third kappa shape index (κ3) is 4.71. The fourth-order valence-corrected chi connectivity index (χ4v) is 12.3. The van der Waals surface area contributed by atoms with Gasteiger partial charge in [-0.15, -0.1) is 0 Å². The molecule has 57 heavy (non-hydrogen) atoms. The normalized spacial score (nSPS) is 13.2. The van der Waals surface area contributed by atoms with Crippen molar-refractivity contribution in [3.05, 3.63) is 164 Å². The second-order valence-electron chi connectivity index (χ2n) is 15.5. The van der Waals surface area contributed by atoms with Crippen LogP contribution in [0.1, 0.15) is 0 Å². The molecular formula is C51H33N3O2Si. The molecule has 0 fully saturated rings. The van der Waals surface area contributed by atoms with E-state index in [-0.39, 0.29) is 0 Å². The molecule has 0 bridgehead atoms. The van der Waals surface area contributed by atoms with Crippen LogP contribution in [0.3, 0.4) is 0 Å². The zero-order valence-corrected chi connectivity index (χ0v) is 32.2. The number of furan rings is 2. The van der Waals surface area contributed by atoms with E-state index < -0.39 is 8.07 Å². The standard InChI is InChI=1S/C51H33N3O2Si/c1-57(2)43-24-10-7-18-37(43)47-44(57)29-39(46-36-17-6-9-22-41(36)56-48(46)47)51-53-49(32-27-25-31(26-28-32)34-19-11-14-30-13-3-4-15-33(30)34)52-50(54-51)38-20-12-23-42-45(38)35-16-5-8-21-40(35)55-42/h3-29H,1-2H3. The molecule has 268 valence electrons. The number of benzene rings is 8. The van der Waals surface area contributed by atoms with Crippen LogP contribution in [0.15, 0.2) is 173 Å². The topological polar surface area (TPSA) is 65.0 Å². The molecule has 11 aromatic rings. The SMILES string of the molecule is C[Si]1(C)c2ccccc2-c2c1cc(-c1nc(-c3ccc(-c4cccc5ccccc45)cc3)nc(-c3cccc4oc5ccccc5c34)n1)c1c2oc2ccccc21. The highest BCUT2D eigenvalue weighted by atomic mass is 28.3. The Labute approximate surface area is 328 Å². The van der Waals surface area contributed by atoms with Gasteiger partial charge in [0, 0.05) is 43.8 Å². The Bertz CT molecular complexity index is 3450. The summed E-state index contributed by atoms with van der Waals surface area (Å²) in [6, 6.07) is 57.4. The molecule has 0 radical (unpaired) electrons. The molecule has 6 heteroatoms. The second-order valence-corrected chi connectivity index (χ2v) is 19.8. The third-order valence-corrected chi connectivity index (χ3v) is 15.5. The fourth-order valence-electron chi connectivity index (χ4n) is 9.21. The van der Waals surface area contributed by atoms with Crippen molar-refractivity contribution in [3.63, 3.8) is 0 Å². The quantitative estimate of drug-likeness (QED) is 0.168. The summed E-state index contributed by atoms with van der Waals surface area (Å²) in [6.45, 7) is 4.87.